The lowest BCUT2D eigenvalue weighted by Gasteiger charge is -2.39. The normalized spacial score (nSPS) is 22.7. The summed E-state index contributed by atoms with van der Waals surface area (Å²) in [6.45, 7) is 3.12. The summed E-state index contributed by atoms with van der Waals surface area (Å²) >= 11 is 0. The molecule has 0 aromatic carbocycles. The van der Waals surface area contributed by atoms with Gasteiger partial charge in [0.25, 0.3) is 0 Å². The average Bonchev–Trinajstić information content (AvgIpc) is 3.02. The van der Waals surface area contributed by atoms with Crippen molar-refractivity contribution in [3.63, 3.8) is 0 Å². The van der Waals surface area contributed by atoms with Crippen LogP contribution in [0.2, 0.25) is 0 Å². The Bertz CT molecular complexity index is 744. The van der Waals surface area contributed by atoms with Gasteiger partial charge in [-0.25, -0.2) is 0 Å². The quantitative estimate of drug-likeness (QED) is 0.0537. The van der Waals surface area contributed by atoms with E-state index in [1.807, 2.05) is 6.92 Å². The van der Waals surface area contributed by atoms with Crippen molar-refractivity contribution in [3.8, 4) is 0 Å². The molecule has 1 fully saturated rings. The minimum absolute atomic E-state index is 0.222. The lowest BCUT2D eigenvalue weighted by molar-refractivity contribution is -0.305. The number of rotatable bonds is 27. The molecule has 10 heteroatoms. The molecular weight excluding hydrogens is 568 g/mol. The van der Waals surface area contributed by atoms with Gasteiger partial charge in [-0.2, -0.15) is 0 Å². The van der Waals surface area contributed by atoms with Gasteiger partial charge in [0.15, 0.2) is 12.4 Å². The number of ether oxygens (including phenoxy) is 4. The Kier molecular flexibility index (Phi) is 24.5. The van der Waals surface area contributed by atoms with Crippen molar-refractivity contribution in [2.45, 2.75) is 173 Å². The van der Waals surface area contributed by atoms with E-state index in [0.29, 0.717) is 12.8 Å². The number of hydrogen-bond donors (Lipinski definition) is 4. The second-order valence-electron chi connectivity index (χ2n) is 12.0. The molecule has 0 bridgehead atoms. The van der Waals surface area contributed by atoms with Crippen LogP contribution >= 0.6 is 0 Å². The minimum atomic E-state index is -1.59. The zero-order chi connectivity index (χ0) is 32.4. The van der Waals surface area contributed by atoms with Crippen LogP contribution in [-0.4, -0.2) is 89.0 Å². The number of carbonyl (C=O) groups is 2. The first-order chi connectivity index (χ1) is 21.3. The van der Waals surface area contributed by atoms with E-state index >= 15 is 0 Å². The van der Waals surface area contributed by atoms with E-state index in [1.165, 1.54) is 64.2 Å². The van der Waals surface area contributed by atoms with Crippen LogP contribution in [0.15, 0.2) is 12.2 Å². The molecule has 1 aliphatic rings. The van der Waals surface area contributed by atoms with Crippen molar-refractivity contribution < 1.29 is 49.0 Å². The molecule has 1 aliphatic heterocycles. The molecule has 258 valence electrons. The summed E-state index contributed by atoms with van der Waals surface area (Å²) in [4.78, 5) is 24.5. The summed E-state index contributed by atoms with van der Waals surface area (Å²) in [5.41, 5.74) is 0. The molecule has 44 heavy (non-hydrogen) atoms. The molecule has 0 saturated carbocycles. The molecule has 1 saturated heterocycles. The van der Waals surface area contributed by atoms with E-state index in [9.17, 15) is 30.0 Å². The third-order valence-corrected chi connectivity index (χ3v) is 7.90. The Balaban J connectivity index is 2.27. The highest BCUT2D eigenvalue weighted by molar-refractivity contribution is 5.70. The van der Waals surface area contributed by atoms with Crippen molar-refractivity contribution in [2.75, 3.05) is 19.8 Å². The summed E-state index contributed by atoms with van der Waals surface area (Å²) in [7, 11) is 0. The van der Waals surface area contributed by atoms with E-state index in [2.05, 4.69) is 19.1 Å². The lowest BCUT2D eigenvalue weighted by Crippen LogP contribution is -2.59. The molecule has 0 radical (unpaired) electrons. The number of esters is 2. The molecule has 1 heterocycles. The van der Waals surface area contributed by atoms with Crippen molar-refractivity contribution in [1.82, 2.24) is 0 Å². The fraction of sp³-hybridized carbons (Fsp3) is 0.882. The minimum Gasteiger partial charge on any atom is -0.462 e. The Hall–Kier alpha value is -1.56. The highest BCUT2D eigenvalue weighted by atomic mass is 16.7. The van der Waals surface area contributed by atoms with Crippen molar-refractivity contribution in [3.05, 3.63) is 12.2 Å². The zero-order valence-electron chi connectivity index (χ0n) is 27.4. The first-order valence-electron chi connectivity index (χ1n) is 17.3. The molecule has 0 aromatic heterocycles. The number of aliphatic hydroxyl groups excluding tert-OH is 4. The molecule has 0 aliphatic carbocycles. The summed E-state index contributed by atoms with van der Waals surface area (Å²) < 4.78 is 21.7. The lowest BCUT2D eigenvalue weighted by atomic mass is 9.99. The topological polar surface area (TPSA) is 152 Å². The first-order valence-corrected chi connectivity index (χ1v) is 17.3. The van der Waals surface area contributed by atoms with Crippen LogP contribution in [-0.2, 0) is 28.5 Å². The maximum atomic E-state index is 12.5. The van der Waals surface area contributed by atoms with Crippen molar-refractivity contribution in [2.24, 2.45) is 0 Å². The van der Waals surface area contributed by atoms with Crippen LogP contribution in [0.1, 0.15) is 136 Å². The van der Waals surface area contributed by atoms with E-state index in [-0.39, 0.29) is 26.1 Å². The Morgan fingerprint density at radius 3 is 1.82 bits per heavy atom. The number of allylic oxidation sites excluding steroid dienone is 2. The molecule has 6 atom stereocenters. The maximum Gasteiger partial charge on any atom is 0.306 e. The molecule has 0 amide bonds. The molecule has 6 unspecified atom stereocenters. The van der Waals surface area contributed by atoms with Crippen LogP contribution < -0.4 is 0 Å². The Labute approximate surface area is 265 Å². The fourth-order valence-electron chi connectivity index (χ4n) is 5.04. The largest absolute Gasteiger partial charge is 0.462 e. The Morgan fingerprint density at radius 2 is 1.23 bits per heavy atom. The van der Waals surface area contributed by atoms with Gasteiger partial charge in [0.1, 0.15) is 31.0 Å². The van der Waals surface area contributed by atoms with Gasteiger partial charge in [0.05, 0.1) is 13.2 Å². The summed E-state index contributed by atoms with van der Waals surface area (Å²) in [5.74, 6) is -0.852. The van der Waals surface area contributed by atoms with Gasteiger partial charge in [-0.1, -0.05) is 96.6 Å². The van der Waals surface area contributed by atoms with Crippen LogP contribution in [0.3, 0.4) is 0 Å². The summed E-state index contributed by atoms with van der Waals surface area (Å²) in [6.07, 6.45) is 16.4. The average molecular weight is 631 g/mol. The SMILES string of the molecule is CCCCCCCC/C=C\CCCCCCCCCC(=O)OC(COC(=O)CCCC)COC1OC(CO)C(O)C(O)C1O. The standard InChI is InChI=1S/C34H62O10/c1-3-5-7-8-9-10-11-12-13-14-15-16-17-18-19-20-21-23-30(37)43-27(25-41-29(36)22-6-4-2)26-42-34-33(40)32(39)31(38)28(24-35)44-34/h12-13,27-28,31-35,38-40H,3-11,14-26H2,1-2H3/b13-12-. The van der Waals surface area contributed by atoms with Crippen LogP contribution in [0.5, 0.6) is 0 Å². The second-order valence-corrected chi connectivity index (χ2v) is 12.0. The maximum absolute atomic E-state index is 12.5. The molecule has 4 N–H and O–H groups in total. The summed E-state index contributed by atoms with van der Waals surface area (Å²) in [5, 5.41) is 39.5. The summed E-state index contributed by atoms with van der Waals surface area (Å²) in [6, 6.07) is 0. The number of hydrogen-bond acceptors (Lipinski definition) is 10. The van der Waals surface area contributed by atoms with Crippen molar-refractivity contribution in [1.29, 1.82) is 0 Å². The molecule has 0 spiro atoms. The fourth-order valence-corrected chi connectivity index (χ4v) is 5.04. The smallest absolute Gasteiger partial charge is 0.306 e. The second kappa shape index (κ2) is 26.6. The van der Waals surface area contributed by atoms with Crippen LogP contribution in [0.25, 0.3) is 0 Å². The first kappa shape index (κ1) is 40.5. The highest BCUT2D eigenvalue weighted by Crippen LogP contribution is 2.22. The molecular formula is C34H62O10. The van der Waals surface area contributed by atoms with Gasteiger partial charge in [-0.15, -0.1) is 0 Å². The van der Waals surface area contributed by atoms with Gasteiger partial charge < -0.3 is 39.4 Å². The number of aliphatic hydroxyl groups is 4. The van der Waals surface area contributed by atoms with Crippen LogP contribution in [0, 0.1) is 0 Å². The van der Waals surface area contributed by atoms with E-state index < -0.39 is 55.4 Å². The molecule has 1 rings (SSSR count). The highest BCUT2D eigenvalue weighted by Gasteiger charge is 2.44. The van der Waals surface area contributed by atoms with Gasteiger partial charge in [0, 0.05) is 12.8 Å². The van der Waals surface area contributed by atoms with E-state index in [0.717, 1.165) is 32.1 Å². The zero-order valence-corrected chi connectivity index (χ0v) is 27.4. The van der Waals surface area contributed by atoms with Gasteiger partial charge >= 0.3 is 11.9 Å². The number of carbonyl (C=O) groups excluding carboxylic acids is 2. The van der Waals surface area contributed by atoms with Crippen LogP contribution in [0.4, 0.5) is 0 Å². The van der Waals surface area contributed by atoms with Crippen molar-refractivity contribution >= 4 is 11.9 Å². The van der Waals surface area contributed by atoms with Gasteiger partial charge in [0.2, 0.25) is 0 Å². The van der Waals surface area contributed by atoms with E-state index in [1.54, 1.807) is 0 Å². The predicted octanol–water partition coefficient (Wildman–Crippen LogP) is 5.27. The van der Waals surface area contributed by atoms with E-state index in [4.69, 9.17) is 18.9 Å². The predicted molar refractivity (Wildman–Crippen MR) is 169 cm³/mol. The van der Waals surface area contributed by atoms with Gasteiger partial charge in [-0.05, 0) is 38.5 Å². The monoisotopic (exact) mass is 630 g/mol. The number of unbranched alkanes of at least 4 members (excludes halogenated alkanes) is 14. The third-order valence-electron chi connectivity index (χ3n) is 7.90. The molecule has 0 aromatic rings. The third kappa shape index (κ3) is 19.1. The Morgan fingerprint density at radius 1 is 0.682 bits per heavy atom. The molecule has 10 nitrogen and oxygen atoms in total. The van der Waals surface area contributed by atoms with Gasteiger partial charge in [-0.3, -0.25) is 9.59 Å².